The molecule has 41 heavy (non-hydrogen) atoms. The van der Waals surface area contributed by atoms with E-state index in [1.165, 1.54) is 0 Å². The standard InChI is InChI=1S/C36H35N4O/c1-37(2)30-21-15-28(16-22-30)19-25-34-27-35(26-20-29-17-23-31(24-18-29)38(3)4)40(33-13-9-6-10-14-33)36(41)39(34)32-11-7-5-8-12-32/h5-27H,1-4H3/q+1. The Kier molecular flexibility index (Phi) is 8.26. The van der Waals surface area contributed by atoms with E-state index in [0.29, 0.717) is 0 Å². The Morgan fingerprint density at radius 1 is 0.585 bits per heavy atom. The van der Waals surface area contributed by atoms with Crippen molar-refractivity contribution < 1.29 is 4.57 Å². The lowest BCUT2D eigenvalue weighted by Gasteiger charge is -2.12. The minimum Gasteiger partial charge on any atom is -0.378 e. The van der Waals surface area contributed by atoms with Gasteiger partial charge in [-0.15, -0.1) is 0 Å². The van der Waals surface area contributed by atoms with Gasteiger partial charge in [0.05, 0.1) is 0 Å². The Morgan fingerprint density at radius 3 is 1.59 bits per heavy atom. The molecule has 5 nitrogen and oxygen atoms in total. The second kappa shape index (κ2) is 12.3. The fraction of sp³-hybridized carbons (Fsp3) is 0.111. The van der Waals surface area contributed by atoms with Crippen molar-refractivity contribution in [3.8, 4) is 11.4 Å². The Labute approximate surface area is 242 Å². The largest absolute Gasteiger partial charge is 0.509 e. The molecule has 5 rings (SSSR count). The van der Waals surface area contributed by atoms with Crippen molar-refractivity contribution in [2.75, 3.05) is 38.0 Å². The Hall–Kier alpha value is -5.16. The minimum atomic E-state index is -0.143. The van der Waals surface area contributed by atoms with Crippen molar-refractivity contribution in [3.63, 3.8) is 0 Å². The Bertz CT molecular complexity index is 1590. The van der Waals surface area contributed by atoms with E-state index in [4.69, 9.17) is 0 Å². The normalized spacial score (nSPS) is 11.3. The maximum absolute atomic E-state index is 14.3. The highest BCUT2D eigenvalue weighted by Crippen LogP contribution is 2.18. The zero-order chi connectivity index (χ0) is 28.8. The van der Waals surface area contributed by atoms with Crippen LogP contribution >= 0.6 is 0 Å². The van der Waals surface area contributed by atoms with E-state index >= 15 is 0 Å². The second-order valence-corrected chi connectivity index (χ2v) is 10.3. The first-order chi connectivity index (χ1) is 19.9. The summed E-state index contributed by atoms with van der Waals surface area (Å²) in [5, 5.41) is 0. The van der Waals surface area contributed by atoms with E-state index in [9.17, 15) is 4.79 Å². The van der Waals surface area contributed by atoms with E-state index in [1.54, 1.807) is 9.13 Å². The topological polar surface area (TPSA) is 32.4 Å². The first kappa shape index (κ1) is 27.4. The predicted octanol–water partition coefficient (Wildman–Crippen LogP) is 6.59. The molecule has 0 bridgehead atoms. The number of aromatic nitrogens is 2. The fourth-order valence-corrected chi connectivity index (χ4v) is 4.65. The number of nitrogens with zero attached hydrogens (tertiary/aromatic N) is 4. The summed E-state index contributed by atoms with van der Waals surface area (Å²) >= 11 is 0. The number of rotatable bonds is 8. The van der Waals surface area contributed by atoms with Crippen LogP contribution in [0.15, 0.2) is 120 Å². The summed E-state index contributed by atoms with van der Waals surface area (Å²) in [7, 11) is 8.12. The first-order valence-electron chi connectivity index (χ1n) is 13.6. The van der Waals surface area contributed by atoms with Gasteiger partial charge in [0.15, 0.2) is 0 Å². The molecule has 0 aliphatic rings. The Morgan fingerprint density at radius 2 is 1.07 bits per heavy atom. The van der Waals surface area contributed by atoms with Gasteiger partial charge in [0.25, 0.3) is 0 Å². The van der Waals surface area contributed by atoms with Crippen LogP contribution in [0.1, 0.15) is 22.5 Å². The summed E-state index contributed by atoms with van der Waals surface area (Å²) in [6.45, 7) is 0. The molecule has 0 saturated heterocycles. The van der Waals surface area contributed by atoms with Gasteiger partial charge in [-0.25, -0.2) is 0 Å². The zero-order valence-electron chi connectivity index (χ0n) is 24.0. The van der Waals surface area contributed by atoms with Crippen molar-refractivity contribution in [2.24, 2.45) is 0 Å². The van der Waals surface area contributed by atoms with Crippen LogP contribution in [0.3, 0.4) is 0 Å². The number of para-hydroxylation sites is 2. The molecule has 0 aliphatic carbocycles. The summed E-state index contributed by atoms with van der Waals surface area (Å²) < 4.78 is 3.53. The maximum atomic E-state index is 14.3. The quantitative estimate of drug-likeness (QED) is 0.209. The lowest BCUT2D eigenvalue weighted by molar-refractivity contribution is -0.618. The van der Waals surface area contributed by atoms with Gasteiger partial charge in [-0.3, -0.25) is 0 Å². The average Bonchev–Trinajstić information content (AvgIpc) is 3.00. The van der Waals surface area contributed by atoms with Gasteiger partial charge in [-0.2, -0.15) is 13.9 Å². The second-order valence-electron chi connectivity index (χ2n) is 10.3. The molecule has 0 atom stereocenters. The molecule has 1 aromatic heterocycles. The molecule has 204 valence electrons. The van der Waals surface area contributed by atoms with Gasteiger partial charge < -0.3 is 9.80 Å². The van der Waals surface area contributed by atoms with Crippen molar-refractivity contribution in [2.45, 2.75) is 0 Å². The van der Waals surface area contributed by atoms with Crippen LogP contribution in [0.4, 0.5) is 11.4 Å². The summed E-state index contributed by atoms with van der Waals surface area (Å²) in [6, 6.07) is 38.3. The molecule has 0 radical (unpaired) electrons. The molecule has 0 unspecified atom stereocenters. The smallest absolute Gasteiger partial charge is 0.378 e. The summed E-state index contributed by atoms with van der Waals surface area (Å²) in [4.78, 5) is 18.5. The van der Waals surface area contributed by atoms with Gasteiger partial charge in [0.1, 0.15) is 22.8 Å². The van der Waals surface area contributed by atoms with Crippen LogP contribution in [0.2, 0.25) is 0 Å². The van der Waals surface area contributed by atoms with Gasteiger partial charge in [-0.1, -0.05) is 72.8 Å². The third kappa shape index (κ3) is 6.36. The molecule has 5 heteroatoms. The van der Waals surface area contributed by atoms with E-state index in [1.807, 2.05) is 113 Å². The summed E-state index contributed by atoms with van der Waals surface area (Å²) in [6.07, 6.45) is 8.12. The summed E-state index contributed by atoms with van der Waals surface area (Å²) in [5.41, 5.74) is 7.42. The number of anilines is 2. The van der Waals surface area contributed by atoms with Gasteiger partial charge in [-0.05, 0) is 71.8 Å². The van der Waals surface area contributed by atoms with Crippen molar-refractivity contribution in [3.05, 3.63) is 148 Å². The van der Waals surface area contributed by atoms with Crippen LogP contribution in [0.25, 0.3) is 35.7 Å². The van der Waals surface area contributed by atoms with Crippen LogP contribution < -0.4 is 20.1 Å². The van der Waals surface area contributed by atoms with Crippen LogP contribution in [-0.2, 0) is 0 Å². The molecule has 0 fully saturated rings. The van der Waals surface area contributed by atoms with Gasteiger partial charge in [0.2, 0.25) is 0 Å². The van der Waals surface area contributed by atoms with Gasteiger partial charge in [0, 0.05) is 45.6 Å². The van der Waals surface area contributed by atoms with E-state index < -0.39 is 0 Å². The zero-order valence-corrected chi connectivity index (χ0v) is 24.0. The minimum absolute atomic E-state index is 0.143. The number of benzene rings is 4. The van der Waals surface area contributed by atoms with Gasteiger partial charge >= 0.3 is 5.69 Å². The first-order valence-corrected chi connectivity index (χ1v) is 13.6. The Balaban J connectivity index is 1.67. The molecule has 0 amide bonds. The fourth-order valence-electron chi connectivity index (χ4n) is 4.65. The lowest BCUT2D eigenvalue weighted by atomic mass is 10.1. The lowest BCUT2D eigenvalue weighted by Crippen LogP contribution is -2.54. The molecule has 4 aromatic carbocycles. The third-order valence-corrected chi connectivity index (χ3v) is 6.94. The van der Waals surface area contributed by atoms with Crippen molar-refractivity contribution >= 4 is 35.7 Å². The molecular weight excluding hydrogens is 504 g/mol. The molecule has 0 N–H and O–H groups in total. The summed E-state index contributed by atoms with van der Waals surface area (Å²) in [5.74, 6) is 0. The van der Waals surface area contributed by atoms with E-state index in [0.717, 1.165) is 45.3 Å². The highest BCUT2D eigenvalue weighted by molar-refractivity contribution is 5.73. The highest BCUT2D eigenvalue weighted by Gasteiger charge is 2.22. The monoisotopic (exact) mass is 539 g/mol. The van der Waals surface area contributed by atoms with Crippen LogP contribution in [-0.4, -0.2) is 32.8 Å². The predicted molar refractivity (Wildman–Crippen MR) is 173 cm³/mol. The van der Waals surface area contributed by atoms with E-state index in [2.05, 4.69) is 64.4 Å². The molecule has 0 aliphatic heterocycles. The molecule has 5 aromatic rings. The average molecular weight is 540 g/mol. The highest BCUT2D eigenvalue weighted by atomic mass is 16.1. The molecule has 1 heterocycles. The van der Waals surface area contributed by atoms with Crippen molar-refractivity contribution in [1.29, 1.82) is 0 Å². The molecular formula is C36H35N4O+. The molecule has 0 spiro atoms. The SMILES string of the molecule is CN(C)c1ccc(C=Cc2cc(C=Cc3ccc(N(C)C)cc3)[n+](-c3ccccc3)c(=O)n2-c2ccccc2)cc1. The third-order valence-electron chi connectivity index (χ3n) is 6.94. The van der Waals surface area contributed by atoms with E-state index in [-0.39, 0.29) is 5.69 Å². The van der Waals surface area contributed by atoms with Crippen LogP contribution in [0, 0.1) is 0 Å². The van der Waals surface area contributed by atoms with Crippen LogP contribution in [0.5, 0.6) is 0 Å². The number of hydrogen-bond donors (Lipinski definition) is 0. The number of hydrogen-bond acceptors (Lipinski definition) is 3. The van der Waals surface area contributed by atoms with Crippen molar-refractivity contribution in [1.82, 2.24) is 4.57 Å². The molecule has 0 saturated carbocycles. The maximum Gasteiger partial charge on any atom is 0.509 e.